The molecule has 110 valence electrons. The van der Waals surface area contributed by atoms with E-state index in [0.29, 0.717) is 12.2 Å². The van der Waals surface area contributed by atoms with Crippen LogP contribution >= 0.6 is 0 Å². The molecule has 0 radical (unpaired) electrons. The van der Waals surface area contributed by atoms with Gasteiger partial charge < -0.3 is 9.67 Å². The Morgan fingerprint density at radius 2 is 2.18 bits per heavy atom. The number of aromatic amines is 1. The minimum Gasteiger partial charge on any atom is -0.504 e. The topological polar surface area (TPSA) is 96.7 Å². The zero-order chi connectivity index (χ0) is 15.4. The van der Waals surface area contributed by atoms with E-state index in [4.69, 9.17) is 0 Å². The molecule has 3 heterocycles. The molecule has 3 aromatic rings. The van der Waals surface area contributed by atoms with Gasteiger partial charge in [0.1, 0.15) is 6.33 Å². The minimum absolute atomic E-state index is 0.0798. The number of hydrogen-bond donors (Lipinski definition) is 2. The molecule has 0 aliphatic rings. The maximum atomic E-state index is 12.3. The minimum atomic E-state index is -0.330. The van der Waals surface area contributed by atoms with Crippen molar-refractivity contribution in [2.75, 3.05) is 0 Å². The summed E-state index contributed by atoms with van der Waals surface area (Å²) in [4.78, 5) is 20.3. The van der Waals surface area contributed by atoms with E-state index in [1.165, 1.54) is 6.33 Å². The van der Waals surface area contributed by atoms with Gasteiger partial charge in [-0.25, -0.2) is 4.98 Å². The van der Waals surface area contributed by atoms with Crippen molar-refractivity contribution >= 4 is 11.5 Å². The third kappa shape index (κ3) is 2.93. The van der Waals surface area contributed by atoms with Crippen LogP contribution in [0.4, 0.5) is 0 Å². The number of aliphatic hydroxyl groups excluding tert-OH is 1. The van der Waals surface area contributed by atoms with Crippen molar-refractivity contribution in [3.63, 3.8) is 0 Å². The fraction of sp³-hybridized carbons (Fsp3) is 0.0667. The number of nitrogens with zero attached hydrogens (tertiary/aromatic N) is 4. The van der Waals surface area contributed by atoms with Crippen molar-refractivity contribution in [1.82, 2.24) is 24.7 Å². The van der Waals surface area contributed by atoms with E-state index in [1.807, 2.05) is 18.2 Å². The lowest BCUT2D eigenvalue weighted by Gasteiger charge is -2.06. The van der Waals surface area contributed by atoms with E-state index in [0.717, 1.165) is 11.8 Å². The fourth-order valence-corrected chi connectivity index (χ4v) is 2.04. The molecule has 0 atom stereocenters. The quantitative estimate of drug-likeness (QED) is 0.425. The largest absolute Gasteiger partial charge is 0.504 e. The van der Waals surface area contributed by atoms with Gasteiger partial charge in [-0.1, -0.05) is 6.07 Å². The summed E-state index contributed by atoms with van der Waals surface area (Å²) in [5.41, 5.74) is 1.29. The Kier molecular flexibility index (Phi) is 3.78. The Hall–Kier alpha value is -3.22. The zero-order valence-corrected chi connectivity index (χ0v) is 11.5. The standard InChI is InChI=1S/C15H13N5O2/c21-13(8-14(22)15-17-10-18-19-15)12-5-3-7-20(12)9-11-4-1-2-6-16-11/h1-8,10,22H,9H2,(H,17,18,19). The van der Waals surface area contributed by atoms with Gasteiger partial charge in [0, 0.05) is 18.5 Å². The van der Waals surface area contributed by atoms with Crippen molar-refractivity contribution in [1.29, 1.82) is 0 Å². The Labute approximate surface area is 126 Å². The van der Waals surface area contributed by atoms with Crippen LogP contribution in [-0.2, 0) is 6.54 Å². The lowest BCUT2D eigenvalue weighted by molar-refractivity contribution is 0.103. The predicted octanol–water partition coefficient (Wildman–Crippen LogP) is 1.83. The lowest BCUT2D eigenvalue weighted by Crippen LogP contribution is -2.09. The number of nitrogens with one attached hydrogen (secondary N) is 1. The molecule has 0 aliphatic heterocycles. The first-order valence-corrected chi connectivity index (χ1v) is 6.60. The number of rotatable bonds is 5. The van der Waals surface area contributed by atoms with Gasteiger partial charge in [-0.3, -0.25) is 14.9 Å². The summed E-state index contributed by atoms with van der Waals surface area (Å²) in [7, 11) is 0. The highest BCUT2D eigenvalue weighted by Crippen LogP contribution is 2.11. The Balaban J connectivity index is 1.82. The zero-order valence-electron chi connectivity index (χ0n) is 11.5. The van der Waals surface area contributed by atoms with Crippen molar-refractivity contribution in [3.05, 3.63) is 72.3 Å². The average molecular weight is 295 g/mol. The number of aromatic nitrogens is 5. The van der Waals surface area contributed by atoms with E-state index in [1.54, 1.807) is 29.1 Å². The number of H-pyrrole nitrogens is 1. The van der Waals surface area contributed by atoms with Crippen molar-refractivity contribution in [3.8, 4) is 0 Å². The number of carbonyl (C=O) groups excluding carboxylic acids is 1. The summed E-state index contributed by atoms with van der Waals surface area (Å²) in [5.74, 6) is -0.531. The predicted molar refractivity (Wildman–Crippen MR) is 79.1 cm³/mol. The first kappa shape index (κ1) is 13.7. The van der Waals surface area contributed by atoms with Crippen molar-refractivity contribution in [2.45, 2.75) is 6.54 Å². The van der Waals surface area contributed by atoms with Crippen LogP contribution in [0.15, 0.2) is 55.1 Å². The lowest BCUT2D eigenvalue weighted by atomic mass is 10.2. The maximum absolute atomic E-state index is 12.3. The molecule has 0 fully saturated rings. The summed E-state index contributed by atoms with van der Waals surface area (Å²) >= 11 is 0. The molecule has 0 unspecified atom stereocenters. The van der Waals surface area contributed by atoms with Crippen LogP contribution in [-0.4, -0.2) is 35.6 Å². The fourth-order valence-electron chi connectivity index (χ4n) is 2.04. The number of hydrogen-bond acceptors (Lipinski definition) is 5. The summed E-state index contributed by atoms with van der Waals surface area (Å²) < 4.78 is 1.77. The molecule has 0 aromatic carbocycles. The van der Waals surface area contributed by atoms with Gasteiger partial charge >= 0.3 is 0 Å². The van der Waals surface area contributed by atoms with Gasteiger partial charge in [0.05, 0.1) is 17.9 Å². The van der Waals surface area contributed by atoms with Crippen LogP contribution in [0.2, 0.25) is 0 Å². The van der Waals surface area contributed by atoms with E-state index in [-0.39, 0.29) is 17.4 Å². The van der Waals surface area contributed by atoms with Gasteiger partial charge in [0.25, 0.3) is 0 Å². The molecule has 2 N–H and O–H groups in total. The van der Waals surface area contributed by atoms with Crippen molar-refractivity contribution < 1.29 is 9.90 Å². The van der Waals surface area contributed by atoms with Crippen molar-refractivity contribution in [2.24, 2.45) is 0 Å². The van der Waals surface area contributed by atoms with Crippen LogP contribution in [0.25, 0.3) is 5.76 Å². The Morgan fingerprint density at radius 3 is 2.91 bits per heavy atom. The van der Waals surface area contributed by atoms with E-state index in [9.17, 15) is 9.90 Å². The molecule has 0 spiro atoms. The van der Waals surface area contributed by atoms with Gasteiger partial charge in [-0.15, -0.1) is 0 Å². The average Bonchev–Trinajstić information content (AvgIpc) is 3.19. The first-order chi connectivity index (χ1) is 10.7. The van der Waals surface area contributed by atoms with Gasteiger partial charge in [0.15, 0.2) is 5.76 Å². The van der Waals surface area contributed by atoms with E-state index in [2.05, 4.69) is 20.2 Å². The normalized spacial score (nSPS) is 11.5. The molecule has 22 heavy (non-hydrogen) atoms. The molecule has 3 aromatic heterocycles. The molecular formula is C15H13N5O2. The van der Waals surface area contributed by atoms with E-state index < -0.39 is 0 Å². The van der Waals surface area contributed by atoms with Gasteiger partial charge in [-0.2, -0.15) is 5.10 Å². The highest BCUT2D eigenvalue weighted by Gasteiger charge is 2.12. The van der Waals surface area contributed by atoms with Crippen LogP contribution in [0.5, 0.6) is 0 Å². The van der Waals surface area contributed by atoms with Gasteiger partial charge in [-0.05, 0) is 24.3 Å². The molecule has 0 saturated carbocycles. The van der Waals surface area contributed by atoms with Gasteiger partial charge in [0.2, 0.25) is 11.6 Å². The van der Waals surface area contributed by atoms with Crippen LogP contribution < -0.4 is 0 Å². The monoisotopic (exact) mass is 295 g/mol. The summed E-state index contributed by atoms with van der Waals surface area (Å²) in [6, 6.07) is 9.07. The Morgan fingerprint density at radius 1 is 1.27 bits per heavy atom. The van der Waals surface area contributed by atoms with Crippen LogP contribution in [0.1, 0.15) is 22.0 Å². The second kappa shape index (κ2) is 6.04. The molecule has 0 amide bonds. The van der Waals surface area contributed by atoms with Crippen LogP contribution in [0, 0.1) is 0 Å². The third-order valence-electron chi connectivity index (χ3n) is 3.05. The molecule has 7 heteroatoms. The highest BCUT2D eigenvalue weighted by molar-refractivity contribution is 6.06. The van der Waals surface area contributed by atoms with E-state index >= 15 is 0 Å². The molecule has 7 nitrogen and oxygen atoms in total. The number of aliphatic hydroxyl groups is 1. The Bertz CT molecular complexity index is 790. The molecule has 0 saturated heterocycles. The summed E-state index contributed by atoms with van der Waals surface area (Å²) in [6.07, 6.45) is 5.93. The van der Waals surface area contributed by atoms with Crippen LogP contribution in [0.3, 0.4) is 0 Å². The number of ketones is 1. The number of pyridine rings is 1. The molecule has 3 rings (SSSR count). The molecular weight excluding hydrogens is 282 g/mol. The maximum Gasteiger partial charge on any atom is 0.215 e. The summed E-state index contributed by atoms with van der Waals surface area (Å²) in [6.45, 7) is 0.476. The smallest absolute Gasteiger partial charge is 0.215 e. The second-order valence-corrected chi connectivity index (χ2v) is 4.56. The molecule has 0 bridgehead atoms. The first-order valence-electron chi connectivity index (χ1n) is 6.60. The SMILES string of the molecule is O=C(C=C(O)c1nc[nH]n1)c1cccn1Cc1ccccn1. The third-order valence-corrected chi connectivity index (χ3v) is 3.05. The highest BCUT2D eigenvalue weighted by atomic mass is 16.3. The summed E-state index contributed by atoms with van der Waals surface area (Å²) in [5, 5.41) is 16.0. The number of allylic oxidation sites excluding steroid dienone is 1. The number of carbonyl (C=O) groups is 1. The molecule has 0 aliphatic carbocycles. The second-order valence-electron chi connectivity index (χ2n) is 4.56.